The van der Waals surface area contributed by atoms with Crippen LogP contribution in [0, 0.1) is 0 Å². The molecule has 1 saturated carbocycles. The van der Waals surface area contributed by atoms with Crippen LogP contribution in [0.25, 0.3) is 22.2 Å². The summed E-state index contributed by atoms with van der Waals surface area (Å²) in [5.74, 6) is 0.593. The summed E-state index contributed by atoms with van der Waals surface area (Å²) in [5, 5.41) is 14.3. The fourth-order valence-electron chi connectivity index (χ4n) is 5.73. The quantitative estimate of drug-likeness (QED) is 0.339. The molecule has 3 aromatic rings. The number of rotatable bonds is 8. The summed E-state index contributed by atoms with van der Waals surface area (Å²) >= 11 is 0. The topological polar surface area (TPSA) is 130 Å². The Morgan fingerprint density at radius 2 is 1.74 bits per heavy atom. The van der Waals surface area contributed by atoms with Crippen molar-refractivity contribution in [3.63, 3.8) is 0 Å². The van der Waals surface area contributed by atoms with E-state index in [4.69, 9.17) is 9.72 Å². The Morgan fingerprint density at radius 3 is 2.37 bits per heavy atom. The first-order valence-corrected chi connectivity index (χ1v) is 16.8. The van der Waals surface area contributed by atoms with Crippen molar-refractivity contribution in [3.05, 3.63) is 36.7 Å². The van der Waals surface area contributed by atoms with Gasteiger partial charge in [0.2, 0.25) is 16.0 Å². The predicted octanol–water partition coefficient (Wildman–Crippen LogP) is 5.03. The zero-order valence-electron chi connectivity index (χ0n) is 25.6. The third-order valence-corrected chi connectivity index (χ3v) is 10.1. The van der Waals surface area contributed by atoms with E-state index in [9.17, 15) is 18.3 Å². The minimum Gasteiger partial charge on any atom is -0.444 e. The second-order valence-corrected chi connectivity index (χ2v) is 14.5. The van der Waals surface area contributed by atoms with Crippen molar-refractivity contribution >= 4 is 33.1 Å². The van der Waals surface area contributed by atoms with Crippen LogP contribution in [0.3, 0.4) is 0 Å². The molecule has 0 radical (unpaired) electrons. The number of aliphatic hydroxyl groups is 1. The Labute approximate surface area is 254 Å². The highest BCUT2D eigenvalue weighted by molar-refractivity contribution is 7.89. The van der Waals surface area contributed by atoms with E-state index in [1.807, 2.05) is 39.1 Å². The second kappa shape index (κ2) is 12.8. The van der Waals surface area contributed by atoms with Crippen LogP contribution in [0.4, 0.5) is 10.7 Å². The number of hydrogen-bond acceptors (Lipinski definition) is 8. The summed E-state index contributed by atoms with van der Waals surface area (Å²) in [6.45, 7) is 9.34. The van der Waals surface area contributed by atoms with Crippen LogP contribution in [0.5, 0.6) is 0 Å². The number of unbranched alkanes of at least 4 members (excludes halogenated alkanes) is 1. The normalized spacial score (nSPS) is 20.3. The van der Waals surface area contributed by atoms with E-state index in [1.54, 1.807) is 17.0 Å². The molecule has 3 heterocycles. The number of amides is 1. The molecule has 2 aliphatic rings. The SMILES string of the molecule is CCCCNc1ncc2c(-c3ccc(S(=O)(=O)N4CCN(C(=O)OC(C)(C)C)CC4)cc3)cn(C3CCC(O)CC3)c2n1. The van der Waals surface area contributed by atoms with Crippen LogP contribution in [-0.4, -0.2) is 87.8 Å². The van der Waals surface area contributed by atoms with Crippen LogP contribution in [0.15, 0.2) is 41.6 Å². The molecule has 2 fully saturated rings. The number of carbonyl (C=O) groups excluding carboxylic acids is 1. The van der Waals surface area contributed by atoms with Crippen LogP contribution in [-0.2, 0) is 14.8 Å². The molecule has 1 saturated heterocycles. The van der Waals surface area contributed by atoms with E-state index < -0.39 is 21.7 Å². The monoisotopic (exact) mass is 612 g/mol. The first-order valence-electron chi connectivity index (χ1n) is 15.3. The maximum atomic E-state index is 13.5. The van der Waals surface area contributed by atoms with Crippen LogP contribution >= 0.6 is 0 Å². The minimum atomic E-state index is -3.73. The van der Waals surface area contributed by atoms with Crippen molar-refractivity contribution < 1.29 is 23.1 Å². The number of nitrogens with zero attached hydrogens (tertiary/aromatic N) is 5. The molecule has 1 aliphatic heterocycles. The largest absolute Gasteiger partial charge is 0.444 e. The van der Waals surface area contributed by atoms with E-state index in [0.717, 1.165) is 67.2 Å². The highest BCUT2D eigenvalue weighted by Gasteiger charge is 2.32. The Kier molecular flexibility index (Phi) is 9.29. The summed E-state index contributed by atoms with van der Waals surface area (Å²) in [7, 11) is -3.73. The summed E-state index contributed by atoms with van der Waals surface area (Å²) in [5.41, 5.74) is 2.05. The average Bonchev–Trinajstić information content (AvgIpc) is 3.36. The van der Waals surface area contributed by atoms with Crippen molar-refractivity contribution in [2.24, 2.45) is 0 Å². The molecule has 1 aliphatic carbocycles. The fourth-order valence-corrected chi connectivity index (χ4v) is 7.15. The molecular weight excluding hydrogens is 568 g/mol. The van der Waals surface area contributed by atoms with Gasteiger partial charge in [-0.1, -0.05) is 25.5 Å². The fraction of sp³-hybridized carbons (Fsp3) is 0.581. The first-order chi connectivity index (χ1) is 20.5. The zero-order valence-corrected chi connectivity index (χ0v) is 26.4. The number of benzene rings is 1. The van der Waals surface area contributed by atoms with Gasteiger partial charge in [-0.3, -0.25) is 0 Å². The maximum Gasteiger partial charge on any atom is 0.410 e. The molecule has 0 unspecified atom stereocenters. The van der Waals surface area contributed by atoms with Gasteiger partial charge in [0, 0.05) is 62.1 Å². The number of fused-ring (bicyclic) bond motifs is 1. The van der Waals surface area contributed by atoms with Crippen molar-refractivity contribution in [1.82, 2.24) is 23.7 Å². The number of ether oxygens (including phenoxy) is 1. The van der Waals surface area contributed by atoms with E-state index in [-0.39, 0.29) is 43.2 Å². The van der Waals surface area contributed by atoms with E-state index in [1.165, 1.54) is 4.31 Å². The van der Waals surface area contributed by atoms with Gasteiger partial charge in [0.15, 0.2) is 0 Å². The van der Waals surface area contributed by atoms with Gasteiger partial charge < -0.3 is 24.6 Å². The first kappa shape index (κ1) is 31.2. The molecule has 234 valence electrons. The Balaban J connectivity index is 1.36. The number of aromatic nitrogens is 3. The lowest BCUT2D eigenvalue weighted by atomic mass is 9.93. The van der Waals surface area contributed by atoms with Crippen molar-refractivity contribution in [3.8, 4) is 11.1 Å². The number of hydrogen-bond donors (Lipinski definition) is 2. The summed E-state index contributed by atoms with van der Waals surface area (Å²) in [6, 6.07) is 7.18. The molecule has 1 aromatic carbocycles. The summed E-state index contributed by atoms with van der Waals surface area (Å²) in [6.07, 6.45) is 8.61. The highest BCUT2D eigenvalue weighted by Crippen LogP contribution is 2.37. The standard InChI is InChI=1S/C31H44N6O5S/c1-5-6-15-32-29-33-20-26-27(21-37(28(26)34-29)23-9-11-24(38)12-10-23)22-7-13-25(14-8-22)43(40,41)36-18-16-35(17-19-36)30(39)42-31(2,3)4/h7-8,13-14,20-21,23-24,38H,5-6,9-12,15-19H2,1-4H3,(H,32,33,34). The van der Waals surface area contributed by atoms with Gasteiger partial charge in [0.05, 0.1) is 11.0 Å². The zero-order chi connectivity index (χ0) is 30.8. The molecular formula is C31H44N6O5S. The lowest BCUT2D eigenvalue weighted by Gasteiger charge is -2.35. The molecule has 11 nitrogen and oxygen atoms in total. The molecule has 2 N–H and O–H groups in total. The number of nitrogens with one attached hydrogen (secondary N) is 1. The van der Waals surface area contributed by atoms with Crippen molar-refractivity contribution in [1.29, 1.82) is 0 Å². The molecule has 1 amide bonds. The minimum absolute atomic E-state index is 0.207. The molecule has 2 aromatic heterocycles. The van der Waals surface area contributed by atoms with Crippen LogP contribution in [0.2, 0.25) is 0 Å². The van der Waals surface area contributed by atoms with Gasteiger partial charge in [-0.2, -0.15) is 9.29 Å². The predicted molar refractivity (Wildman–Crippen MR) is 166 cm³/mol. The number of carbonyl (C=O) groups is 1. The number of anilines is 1. The molecule has 0 bridgehead atoms. The molecule has 0 spiro atoms. The Bertz CT molecular complexity index is 1520. The van der Waals surface area contributed by atoms with E-state index in [0.29, 0.717) is 5.95 Å². The molecule has 5 rings (SSSR count). The average molecular weight is 613 g/mol. The summed E-state index contributed by atoms with van der Waals surface area (Å²) < 4.78 is 36.0. The maximum absolute atomic E-state index is 13.5. The van der Waals surface area contributed by atoms with Gasteiger partial charge in [-0.15, -0.1) is 0 Å². The number of aliphatic hydroxyl groups excluding tert-OH is 1. The van der Waals surface area contributed by atoms with Crippen molar-refractivity contribution in [2.45, 2.75) is 88.9 Å². The molecule has 0 atom stereocenters. The second-order valence-electron chi connectivity index (χ2n) is 12.5. The van der Waals surface area contributed by atoms with Gasteiger partial charge in [-0.05, 0) is 70.6 Å². The molecule has 43 heavy (non-hydrogen) atoms. The van der Waals surface area contributed by atoms with Crippen LogP contribution in [0.1, 0.15) is 72.3 Å². The lowest BCUT2D eigenvalue weighted by Crippen LogP contribution is -2.51. The van der Waals surface area contributed by atoms with Crippen LogP contribution < -0.4 is 5.32 Å². The van der Waals surface area contributed by atoms with E-state index in [2.05, 4.69) is 28.0 Å². The van der Waals surface area contributed by atoms with Gasteiger partial charge in [-0.25, -0.2) is 18.2 Å². The van der Waals surface area contributed by atoms with Crippen molar-refractivity contribution in [2.75, 3.05) is 38.0 Å². The summed E-state index contributed by atoms with van der Waals surface area (Å²) in [4.78, 5) is 23.6. The third kappa shape index (κ3) is 7.13. The Hall–Kier alpha value is -3.22. The Morgan fingerprint density at radius 1 is 1.07 bits per heavy atom. The van der Waals surface area contributed by atoms with Gasteiger partial charge in [0.25, 0.3) is 0 Å². The van der Waals surface area contributed by atoms with Gasteiger partial charge >= 0.3 is 6.09 Å². The number of piperazine rings is 1. The smallest absolute Gasteiger partial charge is 0.410 e. The third-order valence-electron chi connectivity index (χ3n) is 8.14. The number of sulfonamides is 1. The highest BCUT2D eigenvalue weighted by atomic mass is 32.2. The lowest BCUT2D eigenvalue weighted by molar-refractivity contribution is 0.0192. The van der Waals surface area contributed by atoms with E-state index >= 15 is 0 Å². The van der Waals surface area contributed by atoms with Gasteiger partial charge in [0.1, 0.15) is 11.2 Å². The molecule has 12 heteroatoms.